The molecule has 1 aliphatic carbocycles. The minimum Gasteiger partial charge on any atom is -0.488 e. The molecule has 0 aromatic carbocycles. The third kappa shape index (κ3) is 1.92. The van der Waals surface area contributed by atoms with Crippen LogP contribution in [0.15, 0.2) is 17.3 Å². The van der Waals surface area contributed by atoms with Crippen molar-refractivity contribution in [3.63, 3.8) is 0 Å². The number of aryl methyl sites for hydroxylation is 1. The molecule has 74 valence electrons. The van der Waals surface area contributed by atoms with Crippen LogP contribution >= 0.6 is 0 Å². The summed E-state index contributed by atoms with van der Waals surface area (Å²) in [6.07, 6.45) is 6.26. The number of rotatable bonds is 3. The summed E-state index contributed by atoms with van der Waals surface area (Å²) in [4.78, 5) is 8.20. The number of pyridine rings is 1. The van der Waals surface area contributed by atoms with Gasteiger partial charge >= 0.3 is 0 Å². The van der Waals surface area contributed by atoms with Crippen molar-refractivity contribution in [2.75, 3.05) is 7.05 Å². The molecule has 3 heteroatoms. The normalized spacial score (nSPS) is 16.1. The molecule has 1 heterocycles. The summed E-state index contributed by atoms with van der Waals surface area (Å²) in [7, 11) is 1.74. The van der Waals surface area contributed by atoms with Crippen molar-refractivity contribution in [2.24, 2.45) is 4.99 Å². The van der Waals surface area contributed by atoms with Gasteiger partial charge in [-0.05, 0) is 31.4 Å². The van der Waals surface area contributed by atoms with Crippen LogP contribution in [0.3, 0.4) is 0 Å². The van der Waals surface area contributed by atoms with Crippen LogP contribution in [-0.4, -0.2) is 24.4 Å². The Bertz CT molecular complexity index is 356. The quantitative estimate of drug-likeness (QED) is 0.683. The van der Waals surface area contributed by atoms with Crippen LogP contribution < -0.4 is 4.74 Å². The van der Waals surface area contributed by atoms with Gasteiger partial charge in [-0.15, -0.1) is 0 Å². The summed E-state index contributed by atoms with van der Waals surface area (Å²) < 4.78 is 5.79. The predicted octanol–water partition coefficient (Wildman–Crippen LogP) is 1.98. The van der Waals surface area contributed by atoms with Gasteiger partial charge in [0.1, 0.15) is 11.4 Å². The van der Waals surface area contributed by atoms with Gasteiger partial charge in [-0.25, -0.2) is 0 Å². The van der Waals surface area contributed by atoms with Gasteiger partial charge in [-0.2, -0.15) is 0 Å². The Morgan fingerprint density at radius 3 is 3.00 bits per heavy atom. The van der Waals surface area contributed by atoms with Gasteiger partial charge in [0.2, 0.25) is 0 Å². The maximum Gasteiger partial charge on any atom is 0.149 e. The minimum absolute atomic E-state index is 0.405. The number of aromatic nitrogens is 1. The van der Waals surface area contributed by atoms with Crippen molar-refractivity contribution in [1.29, 1.82) is 0 Å². The number of hydrogen-bond donors (Lipinski definition) is 0. The second-order valence-electron chi connectivity index (χ2n) is 3.55. The molecule has 1 aliphatic rings. The Morgan fingerprint density at radius 2 is 2.36 bits per heavy atom. The summed E-state index contributed by atoms with van der Waals surface area (Å²) in [6.45, 7) is 2.03. The van der Waals surface area contributed by atoms with Crippen molar-refractivity contribution in [1.82, 2.24) is 4.98 Å². The summed E-state index contributed by atoms with van der Waals surface area (Å²) in [6, 6.07) is 1.96. The number of aliphatic imine (C=N–C) groups is 1. The van der Waals surface area contributed by atoms with Crippen LogP contribution in [0.25, 0.3) is 0 Å². The van der Waals surface area contributed by atoms with E-state index in [1.807, 2.05) is 13.0 Å². The molecular weight excluding hydrogens is 176 g/mol. The molecule has 0 amide bonds. The van der Waals surface area contributed by atoms with Crippen LogP contribution in [0.1, 0.15) is 24.1 Å². The highest BCUT2D eigenvalue weighted by atomic mass is 16.5. The van der Waals surface area contributed by atoms with Gasteiger partial charge in [0.15, 0.2) is 0 Å². The Kier molecular flexibility index (Phi) is 2.48. The first kappa shape index (κ1) is 9.19. The first-order valence-corrected chi connectivity index (χ1v) is 4.85. The fourth-order valence-electron chi connectivity index (χ4n) is 1.29. The topological polar surface area (TPSA) is 34.5 Å². The summed E-state index contributed by atoms with van der Waals surface area (Å²) in [5.41, 5.74) is 1.96. The maximum absolute atomic E-state index is 5.79. The molecule has 14 heavy (non-hydrogen) atoms. The largest absolute Gasteiger partial charge is 0.488 e. The molecule has 0 bridgehead atoms. The fraction of sp³-hybridized carbons (Fsp3) is 0.455. The highest BCUT2D eigenvalue weighted by molar-refractivity contribution is 5.81. The highest BCUT2D eigenvalue weighted by Gasteiger charge is 2.25. The molecule has 0 radical (unpaired) electrons. The Labute approximate surface area is 83.8 Å². The molecule has 0 atom stereocenters. The van der Waals surface area contributed by atoms with E-state index in [0.29, 0.717) is 6.10 Å². The monoisotopic (exact) mass is 190 g/mol. The van der Waals surface area contributed by atoms with Crippen molar-refractivity contribution in [3.05, 3.63) is 23.5 Å². The average Bonchev–Trinajstić information content (AvgIpc) is 2.95. The van der Waals surface area contributed by atoms with Crippen LogP contribution in [0.4, 0.5) is 0 Å². The summed E-state index contributed by atoms with van der Waals surface area (Å²) in [5.74, 6) is 0.889. The SMILES string of the molecule is CN=Cc1nccc(C)c1OC1CC1. The molecule has 0 unspecified atom stereocenters. The van der Waals surface area contributed by atoms with Gasteiger partial charge < -0.3 is 4.74 Å². The Balaban J connectivity index is 2.31. The molecule has 1 saturated carbocycles. The molecule has 1 aromatic rings. The van der Waals surface area contributed by atoms with Crippen molar-refractivity contribution >= 4 is 6.21 Å². The molecular formula is C11H14N2O. The van der Waals surface area contributed by atoms with E-state index in [0.717, 1.165) is 29.8 Å². The molecule has 0 aliphatic heterocycles. The van der Waals surface area contributed by atoms with E-state index < -0.39 is 0 Å². The lowest BCUT2D eigenvalue weighted by Crippen LogP contribution is -2.03. The summed E-state index contributed by atoms with van der Waals surface area (Å²) in [5, 5.41) is 0. The van der Waals surface area contributed by atoms with Gasteiger partial charge in [-0.3, -0.25) is 9.98 Å². The van der Waals surface area contributed by atoms with Crippen LogP contribution in [-0.2, 0) is 0 Å². The first-order chi connectivity index (χ1) is 6.81. The van der Waals surface area contributed by atoms with E-state index in [-0.39, 0.29) is 0 Å². The molecule has 0 saturated heterocycles. The zero-order valence-corrected chi connectivity index (χ0v) is 8.53. The number of hydrogen-bond acceptors (Lipinski definition) is 3. The van der Waals surface area contributed by atoms with Crippen molar-refractivity contribution in [2.45, 2.75) is 25.9 Å². The first-order valence-electron chi connectivity index (χ1n) is 4.85. The van der Waals surface area contributed by atoms with Gasteiger partial charge in [-0.1, -0.05) is 0 Å². The third-order valence-corrected chi connectivity index (χ3v) is 2.19. The lowest BCUT2D eigenvalue weighted by atomic mass is 10.2. The van der Waals surface area contributed by atoms with E-state index >= 15 is 0 Å². The molecule has 2 rings (SSSR count). The predicted molar refractivity (Wildman–Crippen MR) is 56.1 cm³/mol. The summed E-state index contributed by atoms with van der Waals surface area (Å²) >= 11 is 0. The van der Waals surface area contributed by atoms with E-state index in [2.05, 4.69) is 9.98 Å². The molecule has 0 spiro atoms. The van der Waals surface area contributed by atoms with E-state index in [4.69, 9.17) is 4.74 Å². The smallest absolute Gasteiger partial charge is 0.149 e. The highest BCUT2D eigenvalue weighted by Crippen LogP contribution is 2.30. The number of nitrogens with zero attached hydrogens (tertiary/aromatic N) is 2. The fourth-order valence-corrected chi connectivity index (χ4v) is 1.29. The van der Waals surface area contributed by atoms with Gasteiger partial charge in [0, 0.05) is 13.2 Å². The van der Waals surface area contributed by atoms with E-state index in [9.17, 15) is 0 Å². The van der Waals surface area contributed by atoms with Crippen LogP contribution in [0, 0.1) is 6.92 Å². The zero-order valence-electron chi connectivity index (χ0n) is 8.53. The van der Waals surface area contributed by atoms with Gasteiger partial charge in [0.05, 0.1) is 12.3 Å². The lowest BCUT2D eigenvalue weighted by molar-refractivity contribution is 0.299. The molecule has 1 fully saturated rings. The molecule has 0 N–H and O–H groups in total. The van der Waals surface area contributed by atoms with Crippen molar-refractivity contribution < 1.29 is 4.74 Å². The number of ether oxygens (including phenoxy) is 1. The van der Waals surface area contributed by atoms with E-state index in [1.165, 1.54) is 0 Å². The second-order valence-corrected chi connectivity index (χ2v) is 3.55. The standard InChI is InChI=1S/C11H14N2O/c1-8-5-6-13-10(7-12-2)11(8)14-9-3-4-9/h5-7,9H,3-4H2,1-2H3. The van der Waals surface area contributed by atoms with Crippen LogP contribution in [0.5, 0.6) is 5.75 Å². The lowest BCUT2D eigenvalue weighted by Gasteiger charge is -2.09. The third-order valence-electron chi connectivity index (χ3n) is 2.19. The van der Waals surface area contributed by atoms with Crippen LogP contribution in [0.2, 0.25) is 0 Å². The Morgan fingerprint density at radius 1 is 1.57 bits per heavy atom. The van der Waals surface area contributed by atoms with Crippen molar-refractivity contribution in [3.8, 4) is 5.75 Å². The maximum atomic E-state index is 5.79. The van der Waals surface area contributed by atoms with Gasteiger partial charge in [0.25, 0.3) is 0 Å². The average molecular weight is 190 g/mol. The zero-order chi connectivity index (χ0) is 9.97. The molecule has 3 nitrogen and oxygen atoms in total. The van der Waals surface area contributed by atoms with E-state index in [1.54, 1.807) is 19.5 Å². The molecule has 1 aromatic heterocycles. The minimum atomic E-state index is 0.405. The Hall–Kier alpha value is -1.38. The second kappa shape index (κ2) is 3.78.